The van der Waals surface area contributed by atoms with Crippen molar-refractivity contribution in [2.75, 3.05) is 0 Å². The number of aryl methyl sites for hydroxylation is 2. The van der Waals surface area contributed by atoms with E-state index in [2.05, 4.69) is 10.9 Å². The molecule has 2 amide bonds. The van der Waals surface area contributed by atoms with Crippen molar-refractivity contribution >= 4 is 28.8 Å². The van der Waals surface area contributed by atoms with Gasteiger partial charge in [0.15, 0.2) is 0 Å². The average Bonchev–Trinajstić information content (AvgIpc) is 2.93. The molecule has 0 spiro atoms. The Balaban J connectivity index is 2.09. The molecule has 1 heterocycles. The van der Waals surface area contributed by atoms with Crippen molar-refractivity contribution in [3.05, 3.63) is 60.8 Å². The van der Waals surface area contributed by atoms with E-state index in [1.165, 1.54) is 36.5 Å². The molecule has 1 aromatic carbocycles. The monoisotopic (exact) mass is 347 g/mol. The lowest BCUT2D eigenvalue weighted by molar-refractivity contribution is -0.385. The normalized spacial score (nSPS) is 10.3. The Bertz CT molecular complexity index is 814. The van der Waals surface area contributed by atoms with Crippen LogP contribution in [0.25, 0.3) is 0 Å². The van der Waals surface area contributed by atoms with Gasteiger partial charge in [-0.1, -0.05) is 13.0 Å². The van der Waals surface area contributed by atoms with Crippen LogP contribution >= 0.6 is 11.3 Å². The van der Waals surface area contributed by atoms with Crippen molar-refractivity contribution in [3.63, 3.8) is 0 Å². The molecule has 126 valence electrons. The number of nitrogens with one attached hydrogen (secondary N) is 2. The first-order chi connectivity index (χ1) is 11.3. The second-order valence-electron chi connectivity index (χ2n) is 5.19. The Kier molecular flexibility index (Phi) is 5.30. The second kappa shape index (κ2) is 7.22. The standard InChI is InChI=1S/C16H17N3O4S/c1-4-13-9(2)8-14(24-13)16(21)18-17-15(20)11-6-5-7-12(10(11)3)19(22)23/h5-8H,4H2,1-3H3,(H,17,20)(H,18,21). The lowest BCUT2D eigenvalue weighted by Crippen LogP contribution is -2.41. The van der Waals surface area contributed by atoms with E-state index in [-0.39, 0.29) is 16.8 Å². The Morgan fingerprint density at radius 3 is 2.46 bits per heavy atom. The van der Waals surface area contributed by atoms with Gasteiger partial charge >= 0.3 is 0 Å². The van der Waals surface area contributed by atoms with Crippen molar-refractivity contribution in [2.45, 2.75) is 27.2 Å². The van der Waals surface area contributed by atoms with Gasteiger partial charge in [-0.25, -0.2) is 0 Å². The van der Waals surface area contributed by atoms with E-state index in [1.54, 1.807) is 6.07 Å². The lowest BCUT2D eigenvalue weighted by Gasteiger charge is -2.08. The van der Waals surface area contributed by atoms with Crippen molar-refractivity contribution in [3.8, 4) is 0 Å². The number of amides is 2. The van der Waals surface area contributed by atoms with Gasteiger partial charge in [0, 0.05) is 16.5 Å². The van der Waals surface area contributed by atoms with Crippen LogP contribution in [0.15, 0.2) is 24.3 Å². The first-order valence-electron chi connectivity index (χ1n) is 7.29. The zero-order chi connectivity index (χ0) is 17.9. The summed E-state index contributed by atoms with van der Waals surface area (Å²) >= 11 is 1.37. The van der Waals surface area contributed by atoms with E-state index in [4.69, 9.17) is 0 Å². The summed E-state index contributed by atoms with van der Waals surface area (Å²) in [6.07, 6.45) is 0.836. The summed E-state index contributed by atoms with van der Waals surface area (Å²) in [6, 6.07) is 5.99. The summed E-state index contributed by atoms with van der Waals surface area (Å²) in [5, 5.41) is 10.9. The highest BCUT2D eigenvalue weighted by atomic mass is 32.1. The number of hydrazine groups is 1. The fourth-order valence-electron chi connectivity index (χ4n) is 2.29. The highest BCUT2D eigenvalue weighted by Gasteiger charge is 2.19. The maximum absolute atomic E-state index is 12.2. The van der Waals surface area contributed by atoms with Crippen LogP contribution in [-0.4, -0.2) is 16.7 Å². The average molecular weight is 347 g/mol. The minimum absolute atomic E-state index is 0.140. The molecule has 0 saturated carbocycles. The van der Waals surface area contributed by atoms with Crippen LogP contribution in [0.3, 0.4) is 0 Å². The third-order valence-electron chi connectivity index (χ3n) is 3.60. The summed E-state index contributed by atoms with van der Waals surface area (Å²) < 4.78 is 0. The molecule has 0 atom stereocenters. The number of nitrogens with zero attached hydrogens (tertiary/aromatic N) is 1. The SMILES string of the molecule is CCc1sc(C(=O)NNC(=O)c2cccc([N+](=O)[O-])c2C)cc1C. The van der Waals surface area contributed by atoms with E-state index in [0.29, 0.717) is 4.88 Å². The second-order valence-corrected chi connectivity index (χ2v) is 6.32. The molecule has 1 aromatic heterocycles. The topological polar surface area (TPSA) is 101 Å². The number of benzene rings is 1. The summed E-state index contributed by atoms with van der Waals surface area (Å²) in [7, 11) is 0. The summed E-state index contributed by atoms with van der Waals surface area (Å²) in [5.74, 6) is -1.02. The molecule has 2 rings (SSSR count). The van der Waals surface area contributed by atoms with Crippen LogP contribution in [0.1, 0.15) is 43.0 Å². The smallest absolute Gasteiger partial charge is 0.267 e. The maximum atomic E-state index is 12.2. The Morgan fingerprint density at radius 2 is 1.88 bits per heavy atom. The highest BCUT2D eigenvalue weighted by Crippen LogP contribution is 2.22. The molecule has 2 aromatic rings. The van der Waals surface area contributed by atoms with Crippen LogP contribution in [0, 0.1) is 24.0 Å². The lowest BCUT2D eigenvalue weighted by atomic mass is 10.1. The number of carbonyl (C=O) groups is 2. The number of carbonyl (C=O) groups excluding carboxylic acids is 2. The van der Waals surface area contributed by atoms with Gasteiger partial charge in [0.1, 0.15) is 0 Å². The van der Waals surface area contributed by atoms with Gasteiger partial charge in [0.05, 0.1) is 15.4 Å². The van der Waals surface area contributed by atoms with Crippen LogP contribution in [0.5, 0.6) is 0 Å². The van der Waals surface area contributed by atoms with Gasteiger partial charge < -0.3 is 0 Å². The van der Waals surface area contributed by atoms with Crippen molar-refractivity contribution in [1.29, 1.82) is 0 Å². The molecule has 0 fully saturated rings. The number of hydrogen-bond acceptors (Lipinski definition) is 5. The van der Waals surface area contributed by atoms with Gasteiger partial charge in [-0.05, 0) is 38.0 Å². The van der Waals surface area contributed by atoms with E-state index < -0.39 is 16.7 Å². The molecule has 0 bridgehead atoms. The quantitative estimate of drug-likeness (QED) is 0.656. The van der Waals surface area contributed by atoms with Gasteiger partial charge in [0.2, 0.25) is 0 Å². The molecule has 0 unspecified atom stereocenters. The van der Waals surface area contributed by atoms with Crippen molar-refractivity contribution in [1.82, 2.24) is 10.9 Å². The molecule has 0 aliphatic rings. The van der Waals surface area contributed by atoms with E-state index in [9.17, 15) is 19.7 Å². The zero-order valence-electron chi connectivity index (χ0n) is 13.5. The molecule has 2 N–H and O–H groups in total. The number of rotatable bonds is 4. The summed E-state index contributed by atoms with van der Waals surface area (Å²) in [5.41, 5.74) is 5.91. The minimum Gasteiger partial charge on any atom is -0.267 e. The largest absolute Gasteiger partial charge is 0.279 e. The number of nitro benzene ring substituents is 1. The van der Waals surface area contributed by atoms with E-state index >= 15 is 0 Å². The Hall–Kier alpha value is -2.74. The predicted octanol–water partition coefficient (Wildman–Crippen LogP) is 2.91. The van der Waals surface area contributed by atoms with Crippen LogP contribution in [0.4, 0.5) is 5.69 Å². The van der Waals surface area contributed by atoms with Gasteiger partial charge in [-0.2, -0.15) is 0 Å². The molecule has 0 aliphatic carbocycles. The number of hydrogen-bond donors (Lipinski definition) is 2. The third-order valence-corrected chi connectivity index (χ3v) is 4.98. The molecular formula is C16H17N3O4S. The van der Waals surface area contributed by atoms with Crippen molar-refractivity contribution in [2.24, 2.45) is 0 Å². The molecule has 0 saturated heterocycles. The molecular weight excluding hydrogens is 330 g/mol. The van der Waals surface area contributed by atoms with Crippen molar-refractivity contribution < 1.29 is 14.5 Å². The van der Waals surface area contributed by atoms with Gasteiger partial charge in [-0.3, -0.25) is 30.6 Å². The van der Waals surface area contributed by atoms with Gasteiger partial charge in [-0.15, -0.1) is 11.3 Å². The molecule has 0 radical (unpaired) electrons. The van der Waals surface area contributed by atoms with Crippen LogP contribution < -0.4 is 10.9 Å². The first kappa shape index (κ1) is 17.6. The fourth-order valence-corrected chi connectivity index (χ4v) is 3.30. The third kappa shape index (κ3) is 3.60. The Morgan fingerprint density at radius 1 is 1.21 bits per heavy atom. The minimum atomic E-state index is -0.603. The molecule has 24 heavy (non-hydrogen) atoms. The highest BCUT2D eigenvalue weighted by molar-refractivity contribution is 7.14. The first-order valence-corrected chi connectivity index (χ1v) is 8.10. The van der Waals surface area contributed by atoms with Crippen LogP contribution in [0.2, 0.25) is 0 Å². The van der Waals surface area contributed by atoms with Gasteiger partial charge in [0.25, 0.3) is 17.5 Å². The van der Waals surface area contributed by atoms with E-state index in [1.807, 2.05) is 13.8 Å². The predicted molar refractivity (Wildman–Crippen MR) is 91.2 cm³/mol. The molecule has 7 nitrogen and oxygen atoms in total. The fraction of sp³-hybridized carbons (Fsp3) is 0.250. The molecule has 8 heteroatoms. The number of thiophene rings is 1. The summed E-state index contributed by atoms with van der Waals surface area (Å²) in [4.78, 5) is 36.2. The Labute approximate surface area is 142 Å². The molecule has 0 aliphatic heterocycles. The number of nitro groups is 1. The van der Waals surface area contributed by atoms with Crippen LogP contribution in [-0.2, 0) is 6.42 Å². The summed E-state index contributed by atoms with van der Waals surface area (Å²) in [6.45, 7) is 5.43. The maximum Gasteiger partial charge on any atom is 0.279 e. The zero-order valence-corrected chi connectivity index (χ0v) is 14.3. The van der Waals surface area contributed by atoms with E-state index in [0.717, 1.165) is 16.9 Å².